The molecule has 2 aromatic rings. The van der Waals surface area contributed by atoms with Crippen LogP contribution in [0.2, 0.25) is 0 Å². The van der Waals surface area contributed by atoms with Crippen LogP contribution >= 0.6 is 0 Å². The Bertz CT molecular complexity index is 1110. The van der Waals surface area contributed by atoms with Crippen molar-refractivity contribution in [1.29, 1.82) is 0 Å². The second kappa shape index (κ2) is 8.83. The molecule has 0 bridgehead atoms. The fraction of sp³-hybridized carbons (Fsp3) is 0.550. The largest absolute Gasteiger partial charge is 0.443 e. The number of carbonyl (C=O) groups is 1. The van der Waals surface area contributed by atoms with E-state index in [1.54, 1.807) is 40.1 Å². The van der Waals surface area contributed by atoms with Gasteiger partial charge in [0.1, 0.15) is 11.2 Å². The number of hydrogen-bond donors (Lipinski definition) is 2. The van der Waals surface area contributed by atoms with Gasteiger partial charge in [0.2, 0.25) is 0 Å². The highest BCUT2D eigenvalue weighted by Gasteiger charge is 2.25. The van der Waals surface area contributed by atoms with Crippen molar-refractivity contribution < 1.29 is 17.9 Å². The van der Waals surface area contributed by atoms with E-state index in [1.807, 2.05) is 10.8 Å². The lowest BCUT2D eigenvalue weighted by Crippen LogP contribution is -2.45. The lowest BCUT2D eigenvalue weighted by molar-refractivity contribution is 0.0569. The number of ether oxygens (including phenoxy) is 1. The Hall–Kier alpha value is -2.66. The molecule has 3 heterocycles. The van der Waals surface area contributed by atoms with Crippen LogP contribution in [0.4, 0.5) is 10.5 Å². The van der Waals surface area contributed by atoms with E-state index in [9.17, 15) is 18.0 Å². The van der Waals surface area contributed by atoms with Gasteiger partial charge in [-0.2, -0.15) is 13.1 Å². The van der Waals surface area contributed by atoms with Gasteiger partial charge in [-0.3, -0.25) is 9.36 Å². The molecule has 2 aromatic heterocycles. The smallest absolute Gasteiger partial charge is 0.422 e. The maximum Gasteiger partial charge on any atom is 0.422 e. The van der Waals surface area contributed by atoms with Crippen LogP contribution in [0.5, 0.6) is 0 Å². The summed E-state index contributed by atoms with van der Waals surface area (Å²) in [6, 6.07) is 5.26. The predicted molar refractivity (Wildman–Crippen MR) is 118 cm³/mol. The Kier molecular flexibility index (Phi) is 6.56. The third-order valence-electron chi connectivity index (χ3n) is 5.12. The molecule has 170 valence electrons. The second-order valence-electron chi connectivity index (χ2n) is 8.68. The Balaban J connectivity index is 1.57. The third-order valence-corrected chi connectivity index (χ3v) is 6.10. The number of anilines is 1. The van der Waals surface area contributed by atoms with Crippen molar-refractivity contribution in [3.05, 3.63) is 34.7 Å². The van der Waals surface area contributed by atoms with Gasteiger partial charge in [-0.25, -0.2) is 14.5 Å². The van der Waals surface area contributed by atoms with Gasteiger partial charge >= 0.3 is 16.3 Å². The molecule has 0 aromatic carbocycles. The van der Waals surface area contributed by atoms with Crippen LogP contribution in [0.25, 0.3) is 11.0 Å². The summed E-state index contributed by atoms with van der Waals surface area (Å²) in [5.41, 5.74) is 0.748. The predicted octanol–water partition coefficient (Wildman–Crippen LogP) is 1.51. The Labute approximate surface area is 181 Å². The summed E-state index contributed by atoms with van der Waals surface area (Å²) < 4.78 is 35.0. The molecule has 1 aliphatic rings. The SMILES string of the molecule is Cn1c(=O)ccc2c(N3CCC(CNS(=O)(=O)NC(=O)OC(C)(C)C)CC3)ccnc21. The first-order valence-corrected chi connectivity index (χ1v) is 11.6. The van der Waals surface area contributed by atoms with Crippen molar-refractivity contribution in [3.8, 4) is 0 Å². The molecule has 0 spiro atoms. The van der Waals surface area contributed by atoms with Crippen molar-refractivity contribution in [2.45, 2.75) is 39.2 Å². The van der Waals surface area contributed by atoms with Gasteiger partial charge in [0.25, 0.3) is 5.56 Å². The highest BCUT2D eigenvalue weighted by Crippen LogP contribution is 2.28. The lowest BCUT2D eigenvalue weighted by atomic mass is 9.96. The number of amides is 1. The van der Waals surface area contributed by atoms with Crippen molar-refractivity contribution in [2.75, 3.05) is 24.5 Å². The number of pyridine rings is 2. The summed E-state index contributed by atoms with van der Waals surface area (Å²) in [7, 11) is -2.29. The molecule has 3 rings (SSSR count). The van der Waals surface area contributed by atoms with Crippen LogP contribution in [-0.2, 0) is 22.0 Å². The summed E-state index contributed by atoms with van der Waals surface area (Å²) >= 11 is 0. The monoisotopic (exact) mass is 451 g/mol. The van der Waals surface area contributed by atoms with Crippen LogP contribution in [0.3, 0.4) is 0 Å². The first kappa shape index (κ1) is 23.0. The molecule has 11 heteroatoms. The van der Waals surface area contributed by atoms with Gasteiger partial charge in [0.05, 0.1) is 0 Å². The van der Waals surface area contributed by atoms with Gasteiger partial charge in [-0.05, 0) is 51.7 Å². The van der Waals surface area contributed by atoms with Crippen LogP contribution < -0.4 is 19.9 Å². The van der Waals surface area contributed by atoms with Gasteiger partial charge in [0.15, 0.2) is 0 Å². The maximum absolute atomic E-state index is 12.1. The lowest BCUT2D eigenvalue weighted by Gasteiger charge is -2.34. The molecule has 1 saturated heterocycles. The zero-order valence-corrected chi connectivity index (χ0v) is 19.0. The van der Waals surface area contributed by atoms with Crippen molar-refractivity contribution in [2.24, 2.45) is 13.0 Å². The quantitative estimate of drug-likeness (QED) is 0.706. The first-order valence-electron chi connectivity index (χ1n) is 10.2. The molecule has 0 saturated carbocycles. The number of fused-ring (bicyclic) bond motifs is 1. The molecular formula is C20H29N5O5S. The molecule has 31 heavy (non-hydrogen) atoms. The molecule has 0 atom stereocenters. The fourth-order valence-corrected chi connectivity index (χ4v) is 4.36. The summed E-state index contributed by atoms with van der Waals surface area (Å²) in [4.78, 5) is 30.1. The molecule has 10 nitrogen and oxygen atoms in total. The summed E-state index contributed by atoms with van der Waals surface area (Å²) in [5, 5.41) is 0.908. The Morgan fingerprint density at radius 2 is 1.90 bits per heavy atom. The average Bonchev–Trinajstić information content (AvgIpc) is 2.67. The molecule has 1 aliphatic heterocycles. The summed E-state index contributed by atoms with van der Waals surface area (Å²) in [5.74, 6) is 0.143. The number of aryl methyl sites for hydroxylation is 1. The molecule has 0 radical (unpaired) electrons. The number of piperidine rings is 1. The maximum atomic E-state index is 12.1. The molecular weight excluding hydrogens is 422 g/mol. The van der Waals surface area contributed by atoms with Crippen LogP contribution in [-0.4, -0.2) is 49.3 Å². The first-order chi connectivity index (χ1) is 14.5. The highest BCUT2D eigenvalue weighted by atomic mass is 32.2. The van der Waals surface area contributed by atoms with Crippen molar-refractivity contribution in [3.63, 3.8) is 0 Å². The molecule has 1 amide bonds. The third kappa shape index (κ3) is 5.95. The zero-order valence-electron chi connectivity index (χ0n) is 18.2. The van der Waals surface area contributed by atoms with Gasteiger partial charge in [-0.1, -0.05) is 0 Å². The highest BCUT2D eigenvalue weighted by molar-refractivity contribution is 7.88. The van der Waals surface area contributed by atoms with E-state index in [1.165, 1.54) is 10.6 Å². The average molecular weight is 452 g/mol. The van der Waals surface area contributed by atoms with E-state index in [4.69, 9.17) is 4.74 Å². The minimum absolute atomic E-state index is 0.108. The minimum atomic E-state index is -3.98. The van der Waals surface area contributed by atoms with Gasteiger partial charge in [-0.15, -0.1) is 0 Å². The Morgan fingerprint density at radius 3 is 2.55 bits per heavy atom. The van der Waals surface area contributed by atoms with Crippen LogP contribution in [0.15, 0.2) is 29.2 Å². The minimum Gasteiger partial charge on any atom is -0.443 e. The number of carbonyl (C=O) groups excluding carboxylic acids is 1. The van der Waals surface area contributed by atoms with E-state index in [0.717, 1.165) is 37.0 Å². The topological polar surface area (TPSA) is 123 Å². The number of rotatable bonds is 5. The van der Waals surface area contributed by atoms with Crippen molar-refractivity contribution in [1.82, 2.24) is 19.0 Å². The van der Waals surface area contributed by atoms with E-state index < -0.39 is 21.9 Å². The van der Waals surface area contributed by atoms with Gasteiger partial charge in [0, 0.05) is 50.0 Å². The zero-order chi connectivity index (χ0) is 22.8. The Morgan fingerprint density at radius 1 is 1.23 bits per heavy atom. The van der Waals surface area contributed by atoms with E-state index in [0.29, 0.717) is 5.65 Å². The van der Waals surface area contributed by atoms with Crippen molar-refractivity contribution >= 4 is 33.0 Å². The van der Waals surface area contributed by atoms with Gasteiger partial charge < -0.3 is 9.64 Å². The number of nitrogens with zero attached hydrogens (tertiary/aromatic N) is 3. The molecule has 2 N–H and O–H groups in total. The fourth-order valence-electron chi connectivity index (χ4n) is 3.58. The number of aromatic nitrogens is 2. The standard InChI is InChI=1S/C20H29N5O5S/c1-20(2,3)30-19(27)23-31(28,29)22-13-14-8-11-25(12-9-14)16-7-10-21-18-15(16)5-6-17(26)24(18)4/h5-7,10,14,22H,8-9,11-13H2,1-4H3,(H,23,27). The number of nitrogens with one attached hydrogen (secondary N) is 2. The molecule has 0 aliphatic carbocycles. The van der Waals surface area contributed by atoms with Crippen LogP contribution in [0.1, 0.15) is 33.6 Å². The van der Waals surface area contributed by atoms with Crippen LogP contribution in [0, 0.1) is 5.92 Å². The number of hydrogen-bond acceptors (Lipinski definition) is 7. The second-order valence-corrected chi connectivity index (χ2v) is 10.2. The van der Waals surface area contributed by atoms with E-state index in [-0.39, 0.29) is 18.0 Å². The molecule has 1 fully saturated rings. The molecule has 0 unspecified atom stereocenters. The van der Waals surface area contributed by atoms with E-state index >= 15 is 0 Å². The normalized spacial score (nSPS) is 15.8. The summed E-state index contributed by atoms with van der Waals surface area (Å²) in [6.45, 7) is 6.70. The van der Waals surface area contributed by atoms with E-state index in [2.05, 4.69) is 14.6 Å². The summed E-state index contributed by atoms with van der Waals surface area (Å²) in [6.07, 6.45) is 2.25.